The highest BCUT2D eigenvalue weighted by molar-refractivity contribution is 7.91. The number of hydrogen-bond acceptors (Lipinski definition) is 9. The van der Waals surface area contributed by atoms with Gasteiger partial charge in [-0.1, -0.05) is 26.0 Å². The van der Waals surface area contributed by atoms with Crippen LogP contribution in [0.4, 0.5) is 22.4 Å². The molecule has 1 aromatic carbocycles. The zero-order valence-electron chi connectivity index (χ0n) is 30.3. The summed E-state index contributed by atoms with van der Waals surface area (Å²) in [7, 11) is -3.17. The van der Waals surface area contributed by atoms with Crippen LogP contribution in [0.1, 0.15) is 64.4 Å². The number of ether oxygens (including phenoxy) is 2. The van der Waals surface area contributed by atoms with Crippen molar-refractivity contribution in [3.63, 3.8) is 0 Å². The van der Waals surface area contributed by atoms with E-state index in [9.17, 15) is 50.3 Å². The van der Waals surface area contributed by atoms with Gasteiger partial charge in [-0.25, -0.2) is 22.6 Å². The summed E-state index contributed by atoms with van der Waals surface area (Å²) >= 11 is 0. The maximum Gasteiger partial charge on any atom is 0.418 e. The van der Waals surface area contributed by atoms with E-state index >= 15 is 0 Å². The number of amides is 4. The van der Waals surface area contributed by atoms with Crippen molar-refractivity contribution in [2.75, 3.05) is 20.3 Å². The van der Waals surface area contributed by atoms with Crippen LogP contribution in [0.5, 0.6) is 11.6 Å². The van der Waals surface area contributed by atoms with Crippen molar-refractivity contribution < 1.29 is 59.7 Å². The van der Waals surface area contributed by atoms with Gasteiger partial charge in [0.25, 0.3) is 5.91 Å². The van der Waals surface area contributed by atoms with Crippen molar-refractivity contribution in [1.82, 2.24) is 25.2 Å². The lowest BCUT2D eigenvalue weighted by atomic mass is 9.88. The summed E-state index contributed by atoms with van der Waals surface area (Å²) in [5.41, 5.74) is -2.83. The number of sulfonamides is 1. The van der Waals surface area contributed by atoms with Gasteiger partial charge >= 0.3 is 12.3 Å². The molecule has 2 saturated carbocycles. The number of carboxylic acid groups (broad SMARTS) is 1. The Hall–Kier alpha value is -4.68. The molecule has 3 fully saturated rings. The number of benzene rings is 1. The molecule has 0 spiro atoms. The molecule has 1 aromatic heterocycles. The Kier molecular flexibility index (Phi) is 10.7. The second-order valence-electron chi connectivity index (χ2n) is 15.1. The number of allylic oxidation sites excluding steroid dienone is 1. The summed E-state index contributed by atoms with van der Waals surface area (Å²) in [5.74, 6) is -4.00. The van der Waals surface area contributed by atoms with Crippen molar-refractivity contribution >= 4 is 44.6 Å². The van der Waals surface area contributed by atoms with Gasteiger partial charge in [0.15, 0.2) is 0 Å². The number of rotatable bonds is 8. The average molecular weight is 798 g/mol. The highest BCUT2D eigenvalue weighted by Crippen LogP contribution is 2.48. The van der Waals surface area contributed by atoms with E-state index in [1.165, 1.54) is 25.3 Å². The first-order valence-electron chi connectivity index (χ1n) is 18.0. The maximum absolute atomic E-state index is 14.3. The fourth-order valence-corrected chi connectivity index (χ4v) is 9.11. The zero-order chi connectivity index (χ0) is 40.1. The normalized spacial score (nSPS) is 30.1. The van der Waals surface area contributed by atoms with Crippen molar-refractivity contribution in [2.45, 2.75) is 93.4 Å². The van der Waals surface area contributed by atoms with Crippen LogP contribution >= 0.6 is 0 Å². The van der Waals surface area contributed by atoms with Crippen LogP contribution in [0.25, 0.3) is 10.8 Å². The molecule has 4 amide bonds. The van der Waals surface area contributed by atoms with Crippen LogP contribution < -0.4 is 24.8 Å². The molecule has 4 N–H and O–H groups in total. The van der Waals surface area contributed by atoms with Gasteiger partial charge in [-0.2, -0.15) is 13.2 Å². The first-order chi connectivity index (χ1) is 25.8. The third-order valence-electron chi connectivity index (χ3n) is 11.2. The molecule has 4 aliphatic rings. The number of fused-ring (bicyclic) bond motifs is 3. The Morgan fingerprint density at radius 1 is 1.15 bits per heavy atom. The fourth-order valence-electron chi connectivity index (χ4n) is 7.68. The van der Waals surface area contributed by atoms with E-state index in [1.807, 2.05) is 17.7 Å². The zero-order valence-corrected chi connectivity index (χ0v) is 31.1. The Balaban J connectivity index is 1.36. The van der Waals surface area contributed by atoms with Gasteiger partial charge in [-0.3, -0.25) is 19.1 Å². The second kappa shape index (κ2) is 14.8. The topological polar surface area (TPSA) is 193 Å². The van der Waals surface area contributed by atoms with Crippen LogP contribution in [-0.4, -0.2) is 96.0 Å². The summed E-state index contributed by atoms with van der Waals surface area (Å²) in [6.45, 7) is 2.12. The number of pyridine rings is 1. The van der Waals surface area contributed by atoms with Crippen LogP contribution in [-0.2, 0) is 30.6 Å². The minimum atomic E-state index is -4.78. The number of carbonyl (C=O) groups is 4. The Morgan fingerprint density at radius 2 is 1.87 bits per heavy atom. The van der Waals surface area contributed by atoms with E-state index in [0.29, 0.717) is 25.5 Å². The molecule has 2 aliphatic heterocycles. The van der Waals surface area contributed by atoms with Crippen molar-refractivity contribution in [3.05, 3.63) is 42.1 Å². The molecule has 300 valence electrons. The van der Waals surface area contributed by atoms with Crippen LogP contribution in [0.15, 0.2) is 36.5 Å². The van der Waals surface area contributed by atoms with E-state index in [1.54, 1.807) is 13.0 Å². The van der Waals surface area contributed by atoms with E-state index in [0.717, 1.165) is 4.90 Å². The standard InChI is InChI=1S/C36H43F4N5O9S/c1-19-6-4-5-7-21-15-35(21,32(48)44-55(51,52)34(18-37)10-11-34)43-29(46)27-14-23(17-45(27)31(47)28(20(2)12-19)42-33(49)50)54-30-24-9-8-22(53-3)13-25(24)26(16-41-30)36(38,39)40/h5,7-9,13,16,19-21,23,27-28,42H,4,6,10-12,14-15,17-18H2,1-3H3,(H,43,46)(H,44,48)(H,49,50)/b7-5-/t19-,20-,21-,23-,27+,28+,35-/m1/s1. The van der Waals surface area contributed by atoms with Gasteiger partial charge in [0.05, 0.1) is 19.2 Å². The number of carbonyl (C=O) groups excluding carboxylic acids is 3. The number of nitrogens with zero attached hydrogens (tertiary/aromatic N) is 2. The molecule has 14 nitrogen and oxygen atoms in total. The predicted octanol–water partition coefficient (Wildman–Crippen LogP) is 4.08. The van der Waals surface area contributed by atoms with E-state index in [4.69, 9.17) is 9.47 Å². The van der Waals surface area contributed by atoms with E-state index in [-0.39, 0.29) is 60.5 Å². The minimum Gasteiger partial charge on any atom is -0.497 e. The number of hydrogen-bond donors (Lipinski definition) is 4. The lowest BCUT2D eigenvalue weighted by Crippen LogP contribution is -2.59. The van der Waals surface area contributed by atoms with Gasteiger partial charge in [0.2, 0.25) is 27.7 Å². The molecule has 2 aromatic rings. The van der Waals surface area contributed by atoms with Crippen LogP contribution in [0.2, 0.25) is 0 Å². The highest BCUT2D eigenvalue weighted by atomic mass is 32.2. The summed E-state index contributed by atoms with van der Waals surface area (Å²) in [6.07, 6.45) is -1.83. The molecule has 0 unspecified atom stereocenters. The van der Waals surface area contributed by atoms with Gasteiger partial charge < -0.3 is 30.1 Å². The number of alkyl halides is 4. The first kappa shape index (κ1) is 40.0. The van der Waals surface area contributed by atoms with E-state index < -0.39 is 92.6 Å². The second-order valence-corrected chi connectivity index (χ2v) is 17.2. The number of halogens is 4. The molecule has 1 saturated heterocycles. The molecule has 7 atom stereocenters. The number of nitrogens with one attached hydrogen (secondary N) is 3. The Bertz CT molecular complexity index is 2010. The van der Waals surface area contributed by atoms with Gasteiger partial charge in [-0.15, -0.1) is 0 Å². The molecule has 2 aliphatic carbocycles. The van der Waals surface area contributed by atoms with Crippen molar-refractivity contribution in [3.8, 4) is 11.6 Å². The summed E-state index contributed by atoms with van der Waals surface area (Å²) < 4.78 is 93.4. The Morgan fingerprint density at radius 3 is 2.51 bits per heavy atom. The summed E-state index contributed by atoms with van der Waals surface area (Å²) in [4.78, 5) is 59.4. The third kappa shape index (κ3) is 7.89. The van der Waals surface area contributed by atoms with Gasteiger partial charge in [0, 0.05) is 29.3 Å². The molecule has 0 bridgehead atoms. The number of methoxy groups -OCH3 is 1. The van der Waals surface area contributed by atoms with Gasteiger partial charge in [-0.05, 0) is 68.6 Å². The minimum absolute atomic E-state index is 0.000517. The van der Waals surface area contributed by atoms with Gasteiger partial charge in [0.1, 0.15) is 40.9 Å². The van der Waals surface area contributed by atoms with Crippen LogP contribution in [0.3, 0.4) is 0 Å². The predicted molar refractivity (Wildman–Crippen MR) is 188 cm³/mol. The molecular formula is C36H43F4N5O9S. The Labute approximate surface area is 314 Å². The maximum atomic E-state index is 14.3. The van der Waals surface area contributed by atoms with E-state index in [2.05, 4.69) is 15.6 Å². The lowest BCUT2D eigenvalue weighted by Gasteiger charge is -2.32. The fraction of sp³-hybridized carbons (Fsp3) is 0.583. The van der Waals surface area contributed by atoms with Crippen LogP contribution in [0, 0.1) is 17.8 Å². The highest BCUT2D eigenvalue weighted by Gasteiger charge is 2.64. The summed E-state index contributed by atoms with van der Waals surface area (Å²) in [6, 6.07) is 1.20. The first-order valence-corrected chi connectivity index (χ1v) is 19.4. The molecule has 19 heteroatoms. The summed E-state index contributed by atoms with van der Waals surface area (Å²) in [5, 5.41) is 14.4. The van der Waals surface area contributed by atoms with Crippen molar-refractivity contribution in [1.29, 1.82) is 0 Å². The third-order valence-corrected chi connectivity index (χ3v) is 13.3. The molecule has 55 heavy (non-hydrogen) atoms. The monoisotopic (exact) mass is 797 g/mol. The average Bonchev–Trinajstić information content (AvgIpc) is 4.02. The molecule has 0 radical (unpaired) electrons. The molecular weight excluding hydrogens is 754 g/mol. The molecule has 3 heterocycles. The van der Waals surface area contributed by atoms with Crippen molar-refractivity contribution in [2.24, 2.45) is 17.8 Å². The quantitative estimate of drug-likeness (QED) is 0.224. The lowest BCUT2D eigenvalue weighted by molar-refractivity contribution is -0.142. The smallest absolute Gasteiger partial charge is 0.418 e. The largest absolute Gasteiger partial charge is 0.497 e. The SMILES string of the molecule is COc1ccc2c(O[C@@H]3C[C@H]4C(=O)N[C@]5(C(=O)NS(=O)(=O)C6(CF)CC6)C[C@H]5/C=C\CC[C@@H](C)C[C@@H](C)[C@H](NC(=O)O)C(=O)N4C3)ncc(C(F)(F)F)c2c1. The number of aromatic nitrogens is 1. The molecule has 6 rings (SSSR count).